The molecule has 0 bridgehead atoms. The Morgan fingerprint density at radius 3 is 2.67 bits per heavy atom. The van der Waals surface area contributed by atoms with Gasteiger partial charge in [0.2, 0.25) is 0 Å². The van der Waals surface area contributed by atoms with E-state index in [9.17, 15) is 4.79 Å². The van der Waals surface area contributed by atoms with Crippen LogP contribution in [-0.4, -0.2) is 45.5 Å². The van der Waals surface area contributed by atoms with Crippen molar-refractivity contribution in [1.29, 1.82) is 0 Å². The highest BCUT2D eigenvalue weighted by molar-refractivity contribution is 5.81. The van der Waals surface area contributed by atoms with Crippen LogP contribution in [0.5, 0.6) is 0 Å². The Bertz CT molecular complexity index is 1180. The van der Waals surface area contributed by atoms with Crippen LogP contribution in [0.3, 0.4) is 0 Å². The summed E-state index contributed by atoms with van der Waals surface area (Å²) in [4.78, 5) is 29.9. The van der Waals surface area contributed by atoms with Crippen molar-refractivity contribution < 1.29 is 0 Å². The molecule has 27 heavy (non-hydrogen) atoms. The molecule has 4 heterocycles. The van der Waals surface area contributed by atoms with Gasteiger partial charge in [-0.1, -0.05) is 6.07 Å². The SMILES string of the molecule is O=c1cc(N2CCN(c3ccc4ncncc4c3)CC2)nc2ccccn12. The average molecular weight is 358 g/mol. The number of benzene rings is 1. The first-order valence-corrected chi connectivity index (χ1v) is 8.96. The van der Waals surface area contributed by atoms with Gasteiger partial charge in [-0.2, -0.15) is 0 Å². The standard InChI is InChI=1S/C20H18N6O/c27-20-12-19(23-18-3-1-2-6-26(18)20)25-9-7-24(8-10-25)16-4-5-17-15(11-16)13-21-14-22-17/h1-6,11-14H,7-10H2. The fraction of sp³-hybridized carbons (Fsp3) is 0.200. The molecule has 5 rings (SSSR count). The molecule has 0 saturated carbocycles. The lowest BCUT2D eigenvalue weighted by atomic mass is 10.2. The Labute approximate surface area is 155 Å². The average Bonchev–Trinajstić information content (AvgIpc) is 2.73. The van der Waals surface area contributed by atoms with Crippen molar-refractivity contribution in [3.05, 3.63) is 71.5 Å². The number of piperazine rings is 1. The van der Waals surface area contributed by atoms with Gasteiger partial charge in [0.15, 0.2) is 0 Å². The van der Waals surface area contributed by atoms with Crippen LogP contribution in [0, 0.1) is 0 Å². The predicted octanol–water partition coefficient (Wildman–Crippen LogP) is 1.96. The Hall–Kier alpha value is -3.48. The summed E-state index contributed by atoms with van der Waals surface area (Å²) in [6.07, 6.45) is 5.16. The van der Waals surface area contributed by atoms with Crippen molar-refractivity contribution in [2.24, 2.45) is 0 Å². The van der Waals surface area contributed by atoms with Crippen molar-refractivity contribution >= 4 is 28.1 Å². The van der Waals surface area contributed by atoms with Gasteiger partial charge in [-0.05, 0) is 30.3 Å². The summed E-state index contributed by atoms with van der Waals surface area (Å²) in [5, 5.41) is 1.04. The molecule has 0 amide bonds. The van der Waals surface area contributed by atoms with Gasteiger partial charge in [-0.15, -0.1) is 0 Å². The molecule has 3 aromatic heterocycles. The summed E-state index contributed by atoms with van der Waals surface area (Å²) < 4.78 is 1.57. The van der Waals surface area contributed by atoms with Gasteiger partial charge in [0.1, 0.15) is 17.8 Å². The maximum Gasteiger partial charge on any atom is 0.259 e. The Morgan fingerprint density at radius 1 is 0.926 bits per heavy atom. The molecule has 1 fully saturated rings. The zero-order valence-corrected chi connectivity index (χ0v) is 14.7. The maximum atomic E-state index is 12.3. The quantitative estimate of drug-likeness (QED) is 0.546. The molecule has 1 aromatic carbocycles. The van der Waals surface area contributed by atoms with E-state index >= 15 is 0 Å². The number of fused-ring (bicyclic) bond motifs is 2. The first kappa shape index (κ1) is 15.7. The minimum atomic E-state index is -0.0486. The number of anilines is 2. The van der Waals surface area contributed by atoms with E-state index < -0.39 is 0 Å². The van der Waals surface area contributed by atoms with Crippen LogP contribution in [0.2, 0.25) is 0 Å². The Kier molecular flexibility index (Phi) is 3.71. The van der Waals surface area contributed by atoms with Gasteiger partial charge in [0.05, 0.1) is 5.52 Å². The van der Waals surface area contributed by atoms with Crippen LogP contribution in [0.25, 0.3) is 16.6 Å². The number of nitrogens with zero attached hydrogens (tertiary/aromatic N) is 6. The van der Waals surface area contributed by atoms with E-state index in [0.717, 1.165) is 42.9 Å². The topological polar surface area (TPSA) is 66.6 Å². The summed E-state index contributed by atoms with van der Waals surface area (Å²) in [7, 11) is 0. The molecule has 0 atom stereocenters. The number of rotatable bonds is 2. The second kappa shape index (κ2) is 6.35. The molecule has 0 spiro atoms. The van der Waals surface area contributed by atoms with E-state index in [-0.39, 0.29) is 5.56 Å². The predicted molar refractivity (Wildman–Crippen MR) is 105 cm³/mol. The van der Waals surface area contributed by atoms with Gasteiger partial charge in [0, 0.05) is 55.7 Å². The molecule has 0 N–H and O–H groups in total. The molecule has 4 aromatic rings. The summed E-state index contributed by atoms with van der Waals surface area (Å²) in [6.45, 7) is 3.38. The van der Waals surface area contributed by atoms with Crippen LogP contribution >= 0.6 is 0 Å². The Balaban J connectivity index is 1.37. The normalized spacial score (nSPS) is 14.8. The maximum absolute atomic E-state index is 12.3. The van der Waals surface area contributed by atoms with Crippen LogP contribution in [0.4, 0.5) is 11.5 Å². The molecule has 0 aliphatic carbocycles. The van der Waals surface area contributed by atoms with Crippen LogP contribution in [0.15, 0.2) is 66.0 Å². The van der Waals surface area contributed by atoms with Crippen molar-refractivity contribution in [2.45, 2.75) is 0 Å². The van der Waals surface area contributed by atoms with Crippen molar-refractivity contribution in [3.63, 3.8) is 0 Å². The third kappa shape index (κ3) is 2.87. The summed E-state index contributed by atoms with van der Waals surface area (Å²) in [5.74, 6) is 0.748. The highest BCUT2D eigenvalue weighted by Crippen LogP contribution is 2.22. The van der Waals surface area contributed by atoms with Crippen LogP contribution in [-0.2, 0) is 0 Å². The van der Waals surface area contributed by atoms with Crippen LogP contribution in [0.1, 0.15) is 0 Å². The van der Waals surface area contributed by atoms with Crippen molar-refractivity contribution in [2.75, 3.05) is 36.0 Å². The van der Waals surface area contributed by atoms with Crippen LogP contribution < -0.4 is 15.4 Å². The van der Waals surface area contributed by atoms with E-state index in [1.54, 1.807) is 23.0 Å². The first-order valence-electron chi connectivity index (χ1n) is 8.96. The molecule has 7 heteroatoms. The molecule has 0 unspecified atom stereocenters. The van der Waals surface area contributed by atoms with E-state index in [2.05, 4.69) is 36.9 Å². The zero-order chi connectivity index (χ0) is 18.2. The van der Waals surface area contributed by atoms with Gasteiger partial charge in [-0.3, -0.25) is 9.20 Å². The fourth-order valence-electron chi connectivity index (χ4n) is 3.57. The minimum absolute atomic E-state index is 0.0486. The molecular weight excluding hydrogens is 340 g/mol. The molecule has 1 aliphatic heterocycles. The van der Waals surface area contributed by atoms with E-state index in [4.69, 9.17) is 0 Å². The third-order valence-corrected chi connectivity index (χ3v) is 5.01. The monoisotopic (exact) mass is 358 g/mol. The van der Waals surface area contributed by atoms with E-state index in [1.165, 1.54) is 5.69 Å². The molecule has 1 aliphatic rings. The van der Waals surface area contributed by atoms with E-state index in [1.807, 2.05) is 30.5 Å². The number of hydrogen-bond donors (Lipinski definition) is 0. The van der Waals surface area contributed by atoms with Gasteiger partial charge >= 0.3 is 0 Å². The lowest BCUT2D eigenvalue weighted by molar-refractivity contribution is 0.647. The van der Waals surface area contributed by atoms with Crippen molar-refractivity contribution in [1.82, 2.24) is 19.4 Å². The third-order valence-electron chi connectivity index (χ3n) is 5.01. The van der Waals surface area contributed by atoms with Gasteiger partial charge in [0.25, 0.3) is 5.56 Å². The first-order chi connectivity index (χ1) is 13.3. The Morgan fingerprint density at radius 2 is 1.78 bits per heavy atom. The molecular formula is C20H18N6O. The fourth-order valence-corrected chi connectivity index (χ4v) is 3.57. The summed E-state index contributed by atoms with van der Waals surface area (Å²) >= 11 is 0. The summed E-state index contributed by atoms with van der Waals surface area (Å²) in [6, 6.07) is 13.5. The number of pyridine rings is 1. The lowest BCUT2D eigenvalue weighted by Gasteiger charge is -2.36. The molecule has 134 valence electrons. The molecule has 1 saturated heterocycles. The van der Waals surface area contributed by atoms with Gasteiger partial charge < -0.3 is 9.80 Å². The largest absolute Gasteiger partial charge is 0.368 e. The number of hydrogen-bond acceptors (Lipinski definition) is 6. The second-order valence-corrected chi connectivity index (χ2v) is 6.62. The number of aromatic nitrogens is 4. The highest BCUT2D eigenvalue weighted by atomic mass is 16.1. The van der Waals surface area contributed by atoms with Gasteiger partial charge in [-0.25, -0.2) is 15.0 Å². The zero-order valence-electron chi connectivity index (χ0n) is 14.7. The smallest absolute Gasteiger partial charge is 0.259 e. The lowest BCUT2D eigenvalue weighted by Crippen LogP contribution is -2.47. The highest BCUT2D eigenvalue weighted by Gasteiger charge is 2.19. The van der Waals surface area contributed by atoms with Crippen molar-refractivity contribution in [3.8, 4) is 0 Å². The molecule has 0 radical (unpaired) electrons. The van der Waals surface area contributed by atoms with E-state index in [0.29, 0.717) is 5.65 Å². The minimum Gasteiger partial charge on any atom is -0.368 e. The molecule has 7 nitrogen and oxygen atoms in total. The summed E-state index contributed by atoms with van der Waals surface area (Å²) in [5.41, 5.74) is 2.75. The second-order valence-electron chi connectivity index (χ2n) is 6.62.